The van der Waals surface area contributed by atoms with Gasteiger partial charge in [0.15, 0.2) is 0 Å². The van der Waals surface area contributed by atoms with E-state index in [2.05, 4.69) is 0 Å². The maximum absolute atomic E-state index is 12.1. The maximum atomic E-state index is 12.1. The number of aromatic hydroxyl groups is 1. The number of hydrogen-bond acceptors (Lipinski definition) is 3. The summed E-state index contributed by atoms with van der Waals surface area (Å²) in [5.41, 5.74) is -0.248. The number of carbonyl (C=O) groups excluding carboxylic acids is 1. The molecule has 0 saturated carbocycles. The van der Waals surface area contributed by atoms with Gasteiger partial charge >= 0.3 is 0 Å². The fourth-order valence-electron chi connectivity index (χ4n) is 2.26. The Morgan fingerprint density at radius 1 is 1.50 bits per heavy atom. The van der Waals surface area contributed by atoms with Gasteiger partial charge in [0, 0.05) is 5.56 Å². The minimum Gasteiger partial charge on any atom is -0.507 e. The van der Waals surface area contributed by atoms with E-state index in [1.54, 1.807) is 17.0 Å². The zero-order valence-electron chi connectivity index (χ0n) is 10.2. The van der Waals surface area contributed by atoms with Crippen LogP contribution in [-0.4, -0.2) is 39.7 Å². The third-order valence-corrected chi connectivity index (χ3v) is 4.08. The van der Waals surface area contributed by atoms with Gasteiger partial charge in [-0.15, -0.1) is 0 Å². The molecule has 1 aliphatic rings. The number of aliphatic hydroxyl groups is 1. The van der Waals surface area contributed by atoms with E-state index < -0.39 is 5.60 Å². The van der Waals surface area contributed by atoms with Crippen LogP contribution in [0.25, 0.3) is 0 Å². The molecule has 1 fully saturated rings. The van der Waals surface area contributed by atoms with E-state index >= 15 is 0 Å². The molecule has 0 atom stereocenters. The highest BCUT2D eigenvalue weighted by Gasteiger charge is 2.42. The molecule has 1 aliphatic heterocycles. The van der Waals surface area contributed by atoms with Gasteiger partial charge in [-0.25, -0.2) is 0 Å². The van der Waals surface area contributed by atoms with Gasteiger partial charge in [0.2, 0.25) is 0 Å². The first-order chi connectivity index (χ1) is 8.45. The number of β-amino-alcohol motifs (C(OH)–C–C–N with tert-alkyl or cyclic N) is 1. The van der Waals surface area contributed by atoms with Gasteiger partial charge in [0.25, 0.3) is 5.91 Å². The van der Waals surface area contributed by atoms with Crippen LogP contribution in [-0.2, 0) is 0 Å². The van der Waals surface area contributed by atoms with E-state index in [0.29, 0.717) is 25.1 Å². The van der Waals surface area contributed by atoms with Crippen LogP contribution < -0.4 is 0 Å². The van der Waals surface area contributed by atoms with E-state index in [0.717, 1.165) is 9.99 Å². The Bertz CT molecular complexity index is 469. The highest BCUT2D eigenvalue weighted by atomic mass is 127. The molecule has 0 bridgehead atoms. The monoisotopic (exact) mass is 361 g/mol. The average molecular weight is 361 g/mol. The molecule has 0 aliphatic carbocycles. The predicted molar refractivity (Wildman–Crippen MR) is 76.6 cm³/mol. The number of rotatable bonds is 3. The lowest BCUT2D eigenvalue weighted by molar-refractivity contribution is -0.0860. The highest BCUT2D eigenvalue weighted by Crippen LogP contribution is 2.28. The smallest absolute Gasteiger partial charge is 0.254 e. The van der Waals surface area contributed by atoms with Crippen LogP contribution in [0.1, 0.15) is 30.1 Å². The molecule has 2 rings (SSSR count). The fraction of sp³-hybridized carbons (Fsp3) is 0.462. The minimum absolute atomic E-state index is 0.116. The number of phenols is 1. The van der Waals surface area contributed by atoms with Gasteiger partial charge in [-0.1, -0.05) is 13.3 Å². The van der Waals surface area contributed by atoms with Crippen LogP contribution >= 0.6 is 22.6 Å². The minimum atomic E-state index is -0.713. The largest absolute Gasteiger partial charge is 0.507 e. The number of carbonyl (C=O) groups is 1. The molecule has 1 heterocycles. The van der Waals surface area contributed by atoms with Crippen molar-refractivity contribution in [1.29, 1.82) is 0 Å². The van der Waals surface area contributed by atoms with E-state index in [9.17, 15) is 15.0 Å². The van der Waals surface area contributed by atoms with Crippen molar-refractivity contribution < 1.29 is 15.0 Å². The number of nitrogens with zero attached hydrogens (tertiary/aromatic N) is 1. The molecule has 18 heavy (non-hydrogen) atoms. The van der Waals surface area contributed by atoms with Gasteiger partial charge in [-0.2, -0.15) is 0 Å². The van der Waals surface area contributed by atoms with Crippen molar-refractivity contribution in [2.24, 2.45) is 0 Å². The quantitative estimate of drug-likeness (QED) is 0.810. The summed E-state index contributed by atoms with van der Waals surface area (Å²) in [6.45, 7) is 2.78. The molecule has 5 heteroatoms. The number of benzene rings is 1. The third kappa shape index (κ3) is 2.61. The summed E-state index contributed by atoms with van der Waals surface area (Å²) < 4.78 is 0.718. The zero-order valence-corrected chi connectivity index (χ0v) is 12.3. The lowest BCUT2D eigenvalue weighted by Crippen LogP contribution is -2.63. The molecule has 1 aromatic rings. The topological polar surface area (TPSA) is 60.8 Å². The van der Waals surface area contributed by atoms with Crippen molar-refractivity contribution in [3.05, 3.63) is 27.3 Å². The van der Waals surface area contributed by atoms with E-state index in [4.69, 9.17) is 0 Å². The van der Waals surface area contributed by atoms with Crippen LogP contribution in [0.2, 0.25) is 0 Å². The van der Waals surface area contributed by atoms with Crippen molar-refractivity contribution in [2.75, 3.05) is 13.1 Å². The first-order valence-electron chi connectivity index (χ1n) is 5.95. The van der Waals surface area contributed by atoms with E-state index in [-0.39, 0.29) is 11.7 Å². The second-order valence-corrected chi connectivity index (χ2v) is 5.96. The van der Waals surface area contributed by atoms with Gasteiger partial charge in [0.05, 0.1) is 22.3 Å². The third-order valence-electron chi connectivity index (χ3n) is 3.17. The average Bonchev–Trinajstić information content (AvgIpc) is 2.29. The normalized spacial score (nSPS) is 17.4. The summed E-state index contributed by atoms with van der Waals surface area (Å²) in [6, 6.07) is 4.88. The lowest BCUT2D eigenvalue weighted by atomic mass is 9.89. The summed E-state index contributed by atoms with van der Waals surface area (Å²) >= 11 is 2.01. The molecule has 1 aromatic carbocycles. The second kappa shape index (κ2) is 5.05. The maximum Gasteiger partial charge on any atom is 0.254 e. The Kier molecular flexibility index (Phi) is 3.82. The molecule has 0 unspecified atom stereocenters. The van der Waals surface area contributed by atoms with Crippen molar-refractivity contribution in [1.82, 2.24) is 4.90 Å². The number of likely N-dealkylation sites (tertiary alicyclic amines) is 1. The van der Waals surface area contributed by atoms with Crippen LogP contribution in [0.4, 0.5) is 0 Å². The van der Waals surface area contributed by atoms with Crippen molar-refractivity contribution in [2.45, 2.75) is 25.4 Å². The van der Waals surface area contributed by atoms with Gasteiger partial charge in [-0.3, -0.25) is 4.79 Å². The molecule has 0 aromatic heterocycles. The molecular formula is C13H16INO3. The fourth-order valence-corrected chi connectivity index (χ4v) is 2.60. The summed E-state index contributed by atoms with van der Waals surface area (Å²) in [7, 11) is 0. The van der Waals surface area contributed by atoms with Crippen LogP contribution in [0.3, 0.4) is 0 Å². The van der Waals surface area contributed by atoms with Crippen molar-refractivity contribution in [3.8, 4) is 5.75 Å². The Hall–Kier alpha value is -0.820. The predicted octanol–water partition coefficient (Wildman–Crippen LogP) is 1.98. The number of amides is 1. The van der Waals surface area contributed by atoms with Gasteiger partial charge in [0.1, 0.15) is 5.75 Å². The SMILES string of the molecule is CCCC1(O)CN(C(=O)c2ccc(I)c(O)c2)C1. The Labute approximate surface area is 120 Å². The summed E-state index contributed by atoms with van der Waals surface area (Å²) in [4.78, 5) is 13.7. The molecule has 0 spiro atoms. The Morgan fingerprint density at radius 3 is 2.72 bits per heavy atom. The van der Waals surface area contributed by atoms with Gasteiger partial charge in [-0.05, 0) is 47.2 Å². The Balaban J connectivity index is 2.03. The van der Waals surface area contributed by atoms with Crippen molar-refractivity contribution >= 4 is 28.5 Å². The second-order valence-electron chi connectivity index (χ2n) is 4.80. The summed E-state index contributed by atoms with van der Waals surface area (Å²) in [6.07, 6.45) is 1.62. The number of phenolic OH excluding ortho intramolecular Hbond substituents is 1. The summed E-state index contributed by atoms with van der Waals surface area (Å²) in [5.74, 6) is -0.0201. The standard InChI is InChI=1S/C13H16INO3/c1-2-5-13(18)7-15(8-13)12(17)9-3-4-10(14)11(16)6-9/h3-4,6,16,18H,2,5,7-8H2,1H3. The van der Waals surface area contributed by atoms with Gasteiger partial charge < -0.3 is 15.1 Å². The highest BCUT2D eigenvalue weighted by molar-refractivity contribution is 14.1. The first kappa shape index (κ1) is 13.6. The summed E-state index contributed by atoms with van der Waals surface area (Å²) in [5, 5.41) is 19.6. The molecule has 4 nitrogen and oxygen atoms in total. The van der Waals surface area contributed by atoms with Crippen LogP contribution in [0.5, 0.6) is 5.75 Å². The van der Waals surface area contributed by atoms with E-state index in [1.165, 1.54) is 6.07 Å². The van der Waals surface area contributed by atoms with E-state index in [1.807, 2.05) is 29.5 Å². The molecule has 1 saturated heterocycles. The molecule has 1 amide bonds. The molecule has 98 valence electrons. The van der Waals surface area contributed by atoms with Crippen molar-refractivity contribution in [3.63, 3.8) is 0 Å². The number of halogens is 1. The molecule has 0 radical (unpaired) electrons. The number of hydrogen-bond donors (Lipinski definition) is 2. The molecular weight excluding hydrogens is 345 g/mol. The van der Waals surface area contributed by atoms with Crippen LogP contribution in [0, 0.1) is 3.57 Å². The van der Waals surface area contributed by atoms with Crippen LogP contribution in [0.15, 0.2) is 18.2 Å². The Morgan fingerprint density at radius 2 is 2.17 bits per heavy atom. The lowest BCUT2D eigenvalue weighted by Gasteiger charge is -2.46. The molecule has 2 N–H and O–H groups in total. The first-order valence-corrected chi connectivity index (χ1v) is 7.03. The zero-order chi connectivity index (χ0) is 13.3.